The van der Waals surface area contributed by atoms with Crippen LogP contribution in [-0.2, 0) is 19.7 Å². The summed E-state index contributed by atoms with van der Waals surface area (Å²) in [4.78, 5) is 11.7. The summed E-state index contributed by atoms with van der Waals surface area (Å²) < 4.78 is 11.4. The highest BCUT2D eigenvalue weighted by Gasteiger charge is 2.47. The van der Waals surface area contributed by atoms with Crippen molar-refractivity contribution in [2.45, 2.75) is 36.9 Å². The zero-order valence-corrected chi connectivity index (χ0v) is 12.5. The van der Waals surface area contributed by atoms with Crippen molar-refractivity contribution in [2.75, 3.05) is 13.2 Å². The number of hydrogen-bond acceptors (Lipinski definition) is 3. The van der Waals surface area contributed by atoms with Crippen LogP contribution in [0.3, 0.4) is 0 Å². The summed E-state index contributed by atoms with van der Waals surface area (Å²) in [5.74, 6) is -0.470. The summed E-state index contributed by atoms with van der Waals surface area (Å²) in [7, 11) is 0. The Labute approximate surface area is 128 Å². The van der Waals surface area contributed by atoms with E-state index in [4.69, 9.17) is 32.7 Å². The molecule has 2 aliphatic rings. The third-order valence-electron chi connectivity index (χ3n) is 4.44. The van der Waals surface area contributed by atoms with Crippen molar-refractivity contribution in [1.82, 2.24) is 0 Å². The molecule has 20 heavy (non-hydrogen) atoms. The van der Waals surface area contributed by atoms with Gasteiger partial charge in [0.1, 0.15) is 6.29 Å². The lowest BCUT2D eigenvalue weighted by molar-refractivity contribution is -0.184. The van der Waals surface area contributed by atoms with Crippen molar-refractivity contribution < 1.29 is 14.3 Å². The van der Waals surface area contributed by atoms with Crippen molar-refractivity contribution in [3.05, 3.63) is 33.8 Å². The molecular formula is C15H16Cl2O3. The molecule has 1 heterocycles. The number of rotatable bonds is 2. The molecule has 0 N–H and O–H groups in total. The molecule has 1 aliphatic heterocycles. The molecular weight excluding hydrogens is 299 g/mol. The van der Waals surface area contributed by atoms with Gasteiger partial charge in [-0.25, -0.2) is 0 Å². The van der Waals surface area contributed by atoms with Crippen LogP contribution < -0.4 is 0 Å². The molecule has 3 rings (SSSR count). The predicted octanol–water partition coefficient (Wildman–Crippen LogP) is 3.75. The second-order valence-corrected chi connectivity index (χ2v) is 6.32. The van der Waals surface area contributed by atoms with Crippen molar-refractivity contribution in [1.29, 1.82) is 0 Å². The van der Waals surface area contributed by atoms with Gasteiger partial charge in [-0.15, -0.1) is 0 Å². The Balaban J connectivity index is 1.86. The van der Waals surface area contributed by atoms with E-state index in [0.29, 0.717) is 36.1 Å². The molecule has 1 saturated carbocycles. The minimum Gasteiger partial charge on any atom is -0.348 e. The first-order valence-corrected chi connectivity index (χ1v) is 7.55. The lowest BCUT2D eigenvalue weighted by atomic mass is 9.69. The quantitative estimate of drug-likeness (QED) is 0.780. The molecule has 1 spiro atoms. The van der Waals surface area contributed by atoms with Crippen molar-refractivity contribution in [3.63, 3.8) is 0 Å². The van der Waals surface area contributed by atoms with Gasteiger partial charge in [-0.05, 0) is 30.5 Å². The Kier molecular flexibility index (Phi) is 3.80. The molecule has 3 nitrogen and oxygen atoms in total. The second-order valence-electron chi connectivity index (χ2n) is 5.51. The molecule has 0 radical (unpaired) electrons. The first kappa shape index (κ1) is 14.3. The first-order valence-electron chi connectivity index (χ1n) is 6.79. The number of halogens is 2. The molecule has 0 amide bonds. The lowest BCUT2D eigenvalue weighted by Crippen LogP contribution is -2.43. The van der Waals surface area contributed by atoms with Gasteiger partial charge >= 0.3 is 0 Å². The largest absolute Gasteiger partial charge is 0.348 e. The van der Waals surface area contributed by atoms with E-state index < -0.39 is 11.2 Å². The van der Waals surface area contributed by atoms with Crippen LogP contribution in [0, 0.1) is 0 Å². The summed E-state index contributed by atoms with van der Waals surface area (Å²) >= 11 is 12.0. The first-order chi connectivity index (χ1) is 9.59. The average molecular weight is 315 g/mol. The summed E-state index contributed by atoms with van der Waals surface area (Å²) in [6, 6.07) is 5.43. The third kappa shape index (κ3) is 2.37. The molecule has 1 aromatic rings. The maximum atomic E-state index is 11.7. The maximum Gasteiger partial charge on any atom is 0.168 e. The van der Waals surface area contributed by atoms with Gasteiger partial charge in [0.15, 0.2) is 5.79 Å². The van der Waals surface area contributed by atoms with E-state index in [2.05, 4.69) is 0 Å². The van der Waals surface area contributed by atoms with Crippen molar-refractivity contribution in [3.8, 4) is 0 Å². The van der Waals surface area contributed by atoms with Crippen LogP contribution in [0.2, 0.25) is 10.0 Å². The Hall–Kier alpha value is -0.610. The molecule has 0 atom stereocenters. The smallest absolute Gasteiger partial charge is 0.168 e. The van der Waals surface area contributed by atoms with Crippen molar-refractivity contribution >= 4 is 29.5 Å². The fraction of sp³-hybridized carbons (Fsp3) is 0.533. The zero-order chi connectivity index (χ0) is 14.2. The van der Waals surface area contributed by atoms with Gasteiger partial charge in [0.25, 0.3) is 0 Å². The van der Waals surface area contributed by atoms with Gasteiger partial charge in [-0.2, -0.15) is 0 Å². The SMILES string of the molecule is O=CC1(c2ccc(Cl)c(Cl)c2)CCC2(CC1)OCCO2. The third-order valence-corrected chi connectivity index (χ3v) is 5.18. The molecule has 0 bridgehead atoms. The van der Waals surface area contributed by atoms with E-state index in [9.17, 15) is 4.79 Å². The van der Waals surface area contributed by atoms with Crippen LogP contribution in [0.15, 0.2) is 18.2 Å². The minimum absolute atomic E-state index is 0.470. The Morgan fingerprint density at radius 3 is 2.20 bits per heavy atom. The van der Waals surface area contributed by atoms with Crippen LogP contribution in [0.4, 0.5) is 0 Å². The molecule has 2 fully saturated rings. The summed E-state index contributed by atoms with van der Waals surface area (Å²) in [5.41, 5.74) is 0.421. The Morgan fingerprint density at radius 1 is 1.00 bits per heavy atom. The van der Waals surface area contributed by atoms with E-state index in [1.54, 1.807) is 12.1 Å². The van der Waals surface area contributed by atoms with E-state index in [-0.39, 0.29) is 0 Å². The van der Waals surface area contributed by atoms with Gasteiger partial charge in [0, 0.05) is 12.8 Å². The highest BCUT2D eigenvalue weighted by Crippen LogP contribution is 2.46. The van der Waals surface area contributed by atoms with E-state index >= 15 is 0 Å². The second kappa shape index (κ2) is 5.30. The molecule has 1 aromatic carbocycles. The number of benzene rings is 1. The highest BCUT2D eigenvalue weighted by atomic mass is 35.5. The van der Waals surface area contributed by atoms with Crippen LogP contribution in [0.1, 0.15) is 31.2 Å². The van der Waals surface area contributed by atoms with Gasteiger partial charge in [0.2, 0.25) is 0 Å². The molecule has 108 valence electrons. The molecule has 5 heteroatoms. The predicted molar refractivity (Wildman–Crippen MR) is 77.3 cm³/mol. The minimum atomic E-state index is -0.505. The Morgan fingerprint density at radius 2 is 1.65 bits per heavy atom. The monoisotopic (exact) mass is 314 g/mol. The highest BCUT2D eigenvalue weighted by molar-refractivity contribution is 6.42. The van der Waals surface area contributed by atoms with Crippen LogP contribution >= 0.6 is 23.2 Å². The Bertz CT molecular complexity index is 514. The molecule has 0 unspecified atom stereocenters. The topological polar surface area (TPSA) is 35.5 Å². The maximum absolute atomic E-state index is 11.7. The van der Waals surface area contributed by atoms with E-state index in [1.807, 2.05) is 6.07 Å². The average Bonchev–Trinajstić information content (AvgIpc) is 2.92. The van der Waals surface area contributed by atoms with E-state index in [1.165, 1.54) is 0 Å². The van der Waals surface area contributed by atoms with Gasteiger partial charge in [-0.1, -0.05) is 29.3 Å². The number of carbonyl (C=O) groups is 1. The van der Waals surface area contributed by atoms with E-state index in [0.717, 1.165) is 24.7 Å². The van der Waals surface area contributed by atoms with Crippen LogP contribution in [0.5, 0.6) is 0 Å². The molecule has 0 aromatic heterocycles. The molecule has 1 saturated heterocycles. The number of hydrogen-bond donors (Lipinski definition) is 0. The number of aldehydes is 1. The zero-order valence-electron chi connectivity index (χ0n) is 11.0. The fourth-order valence-corrected chi connectivity index (χ4v) is 3.44. The summed E-state index contributed by atoms with van der Waals surface area (Å²) in [6.07, 6.45) is 3.90. The summed E-state index contributed by atoms with van der Waals surface area (Å²) in [6.45, 7) is 1.28. The molecule has 1 aliphatic carbocycles. The van der Waals surface area contributed by atoms with Crippen LogP contribution in [-0.4, -0.2) is 25.3 Å². The standard InChI is InChI=1S/C15H16Cl2O3/c16-12-2-1-11(9-13(12)17)14(10-18)3-5-15(6-4-14)19-7-8-20-15/h1-2,9-10H,3-8H2. The summed E-state index contributed by atoms with van der Waals surface area (Å²) in [5, 5.41) is 0.991. The van der Waals surface area contributed by atoms with Gasteiger partial charge in [-0.3, -0.25) is 0 Å². The number of carbonyl (C=O) groups excluding carboxylic acids is 1. The lowest BCUT2D eigenvalue weighted by Gasteiger charge is -2.41. The van der Waals surface area contributed by atoms with Crippen molar-refractivity contribution in [2.24, 2.45) is 0 Å². The fourth-order valence-electron chi connectivity index (χ4n) is 3.14. The van der Waals surface area contributed by atoms with Crippen LogP contribution in [0.25, 0.3) is 0 Å². The van der Waals surface area contributed by atoms with Gasteiger partial charge in [0.05, 0.1) is 28.7 Å². The number of ether oxygens (including phenoxy) is 2. The normalized spacial score (nSPS) is 23.9. The van der Waals surface area contributed by atoms with Gasteiger partial charge < -0.3 is 14.3 Å².